The van der Waals surface area contributed by atoms with E-state index in [0.717, 1.165) is 10.5 Å². The molecule has 0 spiro atoms. The summed E-state index contributed by atoms with van der Waals surface area (Å²) in [5.74, 6) is -1.56. The molecule has 1 aliphatic rings. The Kier molecular flexibility index (Phi) is 6.66. The van der Waals surface area contributed by atoms with E-state index in [1.54, 1.807) is 55.5 Å². The van der Waals surface area contributed by atoms with Gasteiger partial charge in [-0.25, -0.2) is 4.90 Å². The van der Waals surface area contributed by atoms with Crippen LogP contribution in [0.5, 0.6) is 0 Å². The molecule has 2 N–H and O–H groups in total. The number of anilines is 3. The monoisotopic (exact) mass is 513 g/mol. The first-order valence-corrected chi connectivity index (χ1v) is 11.3. The second kappa shape index (κ2) is 9.50. The largest absolute Gasteiger partial charge is 0.350 e. The molecule has 0 aliphatic carbocycles. The van der Waals surface area contributed by atoms with Crippen LogP contribution >= 0.6 is 34.8 Å². The highest BCUT2D eigenvalue weighted by atomic mass is 35.5. The Bertz CT molecular complexity index is 1370. The van der Waals surface area contributed by atoms with Crippen LogP contribution in [0, 0.1) is 13.8 Å². The predicted molar refractivity (Wildman–Crippen MR) is 136 cm³/mol. The molecule has 6 nitrogen and oxygen atoms in total. The molecule has 34 heavy (non-hydrogen) atoms. The van der Waals surface area contributed by atoms with Gasteiger partial charge in [0.25, 0.3) is 17.7 Å². The lowest BCUT2D eigenvalue weighted by atomic mass is 10.1. The van der Waals surface area contributed by atoms with E-state index in [2.05, 4.69) is 10.6 Å². The molecule has 0 saturated heterocycles. The highest BCUT2D eigenvalue weighted by molar-refractivity contribution is 6.53. The Morgan fingerprint density at radius 3 is 2.09 bits per heavy atom. The van der Waals surface area contributed by atoms with Gasteiger partial charge in [0.05, 0.1) is 5.69 Å². The summed E-state index contributed by atoms with van der Waals surface area (Å²) in [6.45, 7) is 3.63. The summed E-state index contributed by atoms with van der Waals surface area (Å²) in [5.41, 5.74) is 3.37. The lowest BCUT2D eigenvalue weighted by Gasteiger charge is -2.17. The van der Waals surface area contributed by atoms with E-state index < -0.39 is 11.8 Å². The first-order chi connectivity index (χ1) is 16.2. The normalized spacial score (nSPS) is 13.5. The summed E-state index contributed by atoms with van der Waals surface area (Å²) >= 11 is 18.3. The van der Waals surface area contributed by atoms with Gasteiger partial charge in [0.2, 0.25) is 0 Å². The molecule has 4 rings (SSSR count). The van der Waals surface area contributed by atoms with Crippen molar-refractivity contribution in [3.63, 3.8) is 0 Å². The van der Waals surface area contributed by atoms with Gasteiger partial charge in [0.1, 0.15) is 10.7 Å². The Hall–Kier alpha value is -3.32. The number of imide groups is 1. The zero-order valence-corrected chi connectivity index (χ0v) is 20.3. The molecule has 0 saturated carbocycles. The van der Waals surface area contributed by atoms with Crippen molar-refractivity contribution in [2.45, 2.75) is 13.8 Å². The maximum atomic E-state index is 13.0. The zero-order valence-electron chi connectivity index (χ0n) is 18.1. The van der Waals surface area contributed by atoms with E-state index in [4.69, 9.17) is 34.8 Å². The fraction of sp³-hybridized carbons (Fsp3) is 0.0800. The van der Waals surface area contributed by atoms with Crippen LogP contribution in [0.3, 0.4) is 0 Å². The maximum Gasteiger partial charge on any atom is 0.283 e. The molecule has 172 valence electrons. The van der Waals surface area contributed by atoms with Crippen molar-refractivity contribution >= 4 is 69.6 Å². The highest BCUT2D eigenvalue weighted by Gasteiger charge is 2.39. The molecule has 9 heteroatoms. The van der Waals surface area contributed by atoms with Crippen molar-refractivity contribution < 1.29 is 14.4 Å². The summed E-state index contributed by atoms with van der Waals surface area (Å²) < 4.78 is 0. The summed E-state index contributed by atoms with van der Waals surface area (Å²) in [6, 6.07) is 16.6. The number of hydrogen-bond donors (Lipinski definition) is 2. The van der Waals surface area contributed by atoms with Gasteiger partial charge in [-0.1, -0.05) is 46.9 Å². The minimum atomic E-state index is -0.646. The Morgan fingerprint density at radius 2 is 1.41 bits per heavy atom. The summed E-state index contributed by atoms with van der Waals surface area (Å²) in [5, 5.41) is 6.39. The van der Waals surface area contributed by atoms with E-state index >= 15 is 0 Å². The number of nitrogens with one attached hydrogen (secondary N) is 2. The van der Waals surface area contributed by atoms with Crippen molar-refractivity contribution in [1.82, 2.24) is 0 Å². The van der Waals surface area contributed by atoms with Gasteiger partial charge in [-0.3, -0.25) is 14.4 Å². The number of rotatable bonds is 5. The van der Waals surface area contributed by atoms with Crippen molar-refractivity contribution in [3.05, 3.63) is 98.1 Å². The van der Waals surface area contributed by atoms with Crippen LogP contribution in [0.25, 0.3) is 0 Å². The van der Waals surface area contributed by atoms with Crippen molar-refractivity contribution in [1.29, 1.82) is 0 Å². The zero-order chi connectivity index (χ0) is 24.6. The standard InChI is InChI=1S/C25H18Cl3N3O3/c1-13-3-7-16(26)11-19(13)30-23(32)15-5-9-18(10-6-15)29-22-21(28)24(33)31(25(22)34)20-12-17(27)8-4-14(20)2/h3-12,29H,1-2H3,(H,30,32). The maximum absolute atomic E-state index is 13.0. The van der Waals surface area contributed by atoms with Gasteiger partial charge in [-0.2, -0.15) is 0 Å². The third-order valence-electron chi connectivity index (χ3n) is 5.30. The first kappa shape index (κ1) is 23.8. The first-order valence-electron chi connectivity index (χ1n) is 10.1. The van der Waals surface area contributed by atoms with E-state index in [9.17, 15) is 14.4 Å². The van der Waals surface area contributed by atoms with E-state index in [-0.39, 0.29) is 16.6 Å². The topological polar surface area (TPSA) is 78.5 Å². The molecule has 1 aliphatic heterocycles. The number of benzene rings is 3. The van der Waals surface area contributed by atoms with Gasteiger partial charge < -0.3 is 10.6 Å². The van der Waals surface area contributed by atoms with Crippen LogP contribution < -0.4 is 15.5 Å². The minimum Gasteiger partial charge on any atom is -0.350 e. The van der Waals surface area contributed by atoms with Crippen LogP contribution in [-0.2, 0) is 9.59 Å². The number of nitrogens with zero attached hydrogens (tertiary/aromatic N) is 1. The molecule has 0 atom stereocenters. The summed E-state index contributed by atoms with van der Waals surface area (Å²) in [7, 11) is 0. The molecule has 0 radical (unpaired) electrons. The average molecular weight is 515 g/mol. The second-order valence-corrected chi connectivity index (χ2v) is 8.93. The molecule has 0 bridgehead atoms. The molecule has 0 fully saturated rings. The lowest BCUT2D eigenvalue weighted by Crippen LogP contribution is -2.32. The van der Waals surface area contributed by atoms with Gasteiger partial charge >= 0.3 is 0 Å². The summed E-state index contributed by atoms with van der Waals surface area (Å²) in [6.07, 6.45) is 0. The van der Waals surface area contributed by atoms with Crippen LogP contribution in [0.15, 0.2) is 71.4 Å². The Morgan fingerprint density at radius 1 is 0.794 bits per heavy atom. The quantitative estimate of drug-likeness (QED) is 0.392. The molecule has 1 heterocycles. The number of hydrogen-bond acceptors (Lipinski definition) is 4. The van der Waals surface area contributed by atoms with Gasteiger partial charge in [0.15, 0.2) is 0 Å². The van der Waals surface area contributed by atoms with Crippen molar-refractivity contribution in [2.24, 2.45) is 0 Å². The van der Waals surface area contributed by atoms with Crippen LogP contribution in [0.2, 0.25) is 10.0 Å². The Balaban J connectivity index is 1.51. The average Bonchev–Trinajstić information content (AvgIpc) is 3.01. The lowest BCUT2D eigenvalue weighted by molar-refractivity contribution is -0.120. The van der Waals surface area contributed by atoms with Gasteiger partial charge in [-0.05, 0) is 73.5 Å². The number of amides is 3. The van der Waals surface area contributed by atoms with Crippen molar-refractivity contribution in [3.8, 4) is 0 Å². The molecular weight excluding hydrogens is 497 g/mol. The van der Waals surface area contributed by atoms with Gasteiger partial charge in [-0.15, -0.1) is 0 Å². The number of carbonyl (C=O) groups is 3. The molecule has 3 aromatic rings. The van der Waals surface area contributed by atoms with E-state index in [1.165, 1.54) is 6.07 Å². The van der Waals surface area contributed by atoms with Crippen LogP contribution in [0.4, 0.5) is 17.1 Å². The fourth-order valence-electron chi connectivity index (χ4n) is 3.43. The third-order valence-corrected chi connectivity index (χ3v) is 6.12. The third kappa shape index (κ3) is 4.66. The minimum absolute atomic E-state index is 0.0576. The second-order valence-electron chi connectivity index (χ2n) is 7.68. The fourth-order valence-corrected chi connectivity index (χ4v) is 3.98. The van der Waals surface area contributed by atoms with Crippen LogP contribution in [0.1, 0.15) is 21.5 Å². The molecule has 3 amide bonds. The number of halogens is 3. The predicted octanol–water partition coefficient (Wildman–Crippen LogP) is 6.30. The number of aryl methyl sites for hydroxylation is 2. The van der Waals surface area contributed by atoms with E-state index in [1.807, 2.05) is 13.0 Å². The Labute approximate surface area is 211 Å². The molecule has 3 aromatic carbocycles. The van der Waals surface area contributed by atoms with Crippen LogP contribution in [-0.4, -0.2) is 17.7 Å². The number of carbonyl (C=O) groups excluding carboxylic acids is 3. The van der Waals surface area contributed by atoms with Crippen molar-refractivity contribution in [2.75, 3.05) is 15.5 Å². The SMILES string of the molecule is Cc1ccc(Cl)cc1NC(=O)c1ccc(NC2=C(Cl)C(=O)N(c3cc(Cl)ccc3C)C2=O)cc1. The molecule has 0 aromatic heterocycles. The van der Waals surface area contributed by atoms with Gasteiger partial charge in [0, 0.05) is 27.0 Å². The summed E-state index contributed by atoms with van der Waals surface area (Å²) in [4.78, 5) is 39.3. The molecule has 0 unspecified atom stereocenters. The highest BCUT2D eigenvalue weighted by Crippen LogP contribution is 2.33. The smallest absolute Gasteiger partial charge is 0.283 e. The molecular formula is C25H18Cl3N3O3. The van der Waals surface area contributed by atoms with E-state index in [0.29, 0.717) is 38.2 Å².